The molecule has 0 radical (unpaired) electrons. The number of aldehydes is 1. The van der Waals surface area contributed by atoms with Gasteiger partial charge in [-0.15, -0.1) is 0 Å². The Morgan fingerprint density at radius 2 is 1.06 bits per heavy atom. The molecule has 0 aliphatic carbocycles. The van der Waals surface area contributed by atoms with Crippen LogP contribution in [0.3, 0.4) is 0 Å². The zero-order chi connectivity index (χ0) is 47.0. The number of aliphatic hydroxyl groups is 1. The van der Waals surface area contributed by atoms with Crippen LogP contribution in [0.25, 0.3) is 22.5 Å². The van der Waals surface area contributed by atoms with Gasteiger partial charge < -0.3 is 25.1 Å². The third kappa shape index (κ3) is 11.9. The molecule has 2 aromatic carbocycles. The smallest absolute Gasteiger partial charge is 0.407 e. The van der Waals surface area contributed by atoms with Crippen LogP contribution in [0, 0.1) is 10.8 Å². The van der Waals surface area contributed by atoms with E-state index in [9.17, 15) is 46.5 Å². The molecule has 0 unspecified atom stereocenters. The van der Waals surface area contributed by atoms with E-state index in [-0.39, 0.29) is 59.1 Å². The van der Waals surface area contributed by atoms with Crippen LogP contribution in [0.5, 0.6) is 0 Å². The lowest BCUT2D eigenvalue weighted by Gasteiger charge is -2.27. The van der Waals surface area contributed by atoms with Gasteiger partial charge in [-0.3, -0.25) is 14.8 Å². The van der Waals surface area contributed by atoms with Gasteiger partial charge in [0, 0.05) is 67.0 Å². The Balaban J connectivity index is 0.000000241. The average Bonchev–Trinajstić information content (AvgIpc) is 3.88. The largest absolute Gasteiger partial charge is 0.465 e. The van der Waals surface area contributed by atoms with Gasteiger partial charge in [-0.05, 0) is 63.9 Å². The Labute approximate surface area is 373 Å². The maximum atomic E-state index is 13.4. The van der Waals surface area contributed by atoms with Crippen molar-refractivity contribution in [1.82, 2.24) is 27.7 Å². The van der Waals surface area contributed by atoms with E-state index < -0.39 is 32.2 Å². The normalized spacial score (nSPS) is 11.9. The Kier molecular flexibility index (Phi) is 15.0. The molecule has 0 aliphatic rings. The first-order chi connectivity index (χ1) is 30.1. The summed E-state index contributed by atoms with van der Waals surface area (Å²) in [6, 6.07) is 22.8. The lowest BCUT2D eigenvalue weighted by atomic mass is 9.96. The van der Waals surface area contributed by atoms with Crippen molar-refractivity contribution in [1.29, 1.82) is 0 Å². The van der Waals surface area contributed by atoms with E-state index in [0.717, 1.165) is 7.94 Å². The molecule has 0 saturated carbocycles. The molecule has 0 bridgehead atoms. The van der Waals surface area contributed by atoms with Crippen LogP contribution >= 0.6 is 0 Å². The number of aromatic nitrogens is 4. The predicted octanol–water partition coefficient (Wildman–Crippen LogP) is 7.93. The number of hydrogen-bond acceptors (Lipinski definition) is 10. The van der Waals surface area contributed by atoms with Crippen molar-refractivity contribution in [3.8, 4) is 22.5 Å². The van der Waals surface area contributed by atoms with Gasteiger partial charge in [-0.2, -0.15) is 0 Å². The fourth-order valence-electron chi connectivity index (χ4n) is 6.89. The van der Waals surface area contributed by atoms with Gasteiger partial charge in [-0.1, -0.05) is 90.1 Å². The Morgan fingerprint density at radius 3 is 1.45 bits per heavy atom. The van der Waals surface area contributed by atoms with Crippen LogP contribution in [0.2, 0.25) is 0 Å². The fourth-order valence-corrected chi connectivity index (χ4v) is 9.60. The van der Waals surface area contributed by atoms with E-state index in [1.807, 2.05) is 41.5 Å². The number of carbonyl (C=O) groups is 3. The summed E-state index contributed by atoms with van der Waals surface area (Å²) in [5, 5.41) is 29.1. The molecule has 4 aromatic heterocycles. The van der Waals surface area contributed by atoms with Gasteiger partial charge >= 0.3 is 12.2 Å². The van der Waals surface area contributed by atoms with Gasteiger partial charge in [0.1, 0.15) is 9.79 Å². The number of rotatable bonds is 14. The van der Waals surface area contributed by atoms with Crippen molar-refractivity contribution in [2.45, 2.75) is 71.0 Å². The summed E-state index contributed by atoms with van der Waals surface area (Å²) >= 11 is 0. The first-order valence-electron chi connectivity index (χ1n) is 20.0. The van der Waals surface area contributed by atoms with E-state index >= 15 is 0 Å². The van der Waals surface area contributed by atoms with Crippen molar-refractivity contribution in [3.05, 3.63) is 144 Å². The summed E-state index contributed by atoms with van der Waals surface area (Å²) in [4.78, 5) is 45.5. The quantitative estimate of drug-likeness (QED) is 0.0887. The standard InChI is InChI=1S/C23H27N3O5S.C23H25N3O5S/c2*1-23(2,3)16-25(22(28)29)13-17-11-21(20-9-5-4-7-18(20)15-27)26(14-17)32(30,31)19-8-6-10-24-12-19/h4-12,14,27H,13,15-16H2,1-3H3,(H,28,29);4-12,14-15H,13,16H2,1-3H3,(H,28,29). The van der Waals surface area contributed by atoms with Gasteiger partial charge in [0.25, 0.3) is 20.0 Å². The number of carbonyl (C=O) groups excluding carboxylic acids is 1. The molecule has 6 aromatic rings. The highest BCUT2D eigenvalue weighted by atomic mass is 32.2. The summed E-state index contributed by atoms with van der Waals surface area (Å²) in [6.45, 7) is 11.9. The summed E-state index contributed by atoms with van der Waals surface area (Å²) in [5.74, 6) is 0. The van der Waals surface area contributed by atoms with Gasteiger partial charge in [0.2, 0.25) is 0 Å². The minimum absolute atomic E-state index is 0.00157. The molecule has 4 heterocycles. The minimum Gasteiger partial charge on any atom is -0.465 e. The van der Waals surface area contributed by atoms with Crippen LogP contribution in [0.1, 0.15) is 68.6 Å². The van der Waals surface area contributed by atoms with Crippen molar-refractivity contribution >= 4 is 38.5 Å². The zero-order valence-corrected chi connectivity index (χ0v) is 38.0. The highest BCUT2D eigenvalue weighted by Gasteiger charge is 2.28. The van der Waals surface area contributed by atoms with E-state index in [0.29, 0.717) is 45.4 Å². The molecule has 0 spiro atoms. The fraction of sp³-hybridized carbons (Fsp3) is 0.283. The monoisotopic (exact) mass is 912 g/mol. The zero-order valence-electron chi connectivity index (χ0n) is 36.4. The van der Waals surface area contributed by atoms with Crippen LogP contribution in [0.4, 0.5) is 9.59 Å². The molecule has 0 saturated heterocycles. The second kappa shape index (κ2) is 19.8. The SMILES string of the molecule is CC(C)(C)CN(Cc1cc(-c2ccccc2C=O)n(S(=O)(=O)c2cccnc2)c1)C(=O)O.CC(C)(C)CN(Cc1cc(-c2ccccc2CO)n(S(=O)(=O)c2cccnc2)c1)C(=O)O. The van der Waals surface area contributed by atoms with Crippen molar-refractivity contribution in [2.75, 3.05) is 13.1 Å². The second-order valence-corrected chi connectivity index (χ2v) is 21.0. The van der Waals surface area contributed by atoms with Crippen LogP contribution < -0.4 is 0 Å². The van der Waals surface area contributed by atoms with Crippen molar-refractivity contribution in [2.24, 2.45) is 10.8 Å². The molecule has 0 aliphatic heterocycles. The topological polar surface area (TPSA) is 222 Å². The molecule has 2 amide bonds. The van der Waals surface area contributed by atoms with Gasteiger partial charge in [0.15, 0.2) is 6.29 Å². The number of hydrogen-bond donors (Lipinski definition) is 3. The molecule has 3 N–H and O–H groups in total. The molecule has 338 valence electrons. The van der Waals surface area contributed by atoms with Crippen LogP contribution in [-0.4, -0.2) is 91.4 Å². The molecule has 6 rings (SSSR count). The molecule has 0 atom stereocenters. The molecule has 64 heavy (non-hydrogen) atoms. The van der Waals surface area contributed by atoms with Crippen molar-refractivity contribution in [3.63, 3.8) is 0 Å². The van der Waals surface area contributed by atoms with Crippen LogP contribution in [0.15, 0.2) is 132 Å². The van der Waals surface area contributed by atoms with Crippen LogP contribution in [-0.2, 0) is 39.7 Å². The number of nitrogens with zero attached hydrogens (tertiary/aromatic N) is 6. The maximum Gasteiger partial charge on any atom is 0.407 e. The first kappa shape index (κ1) is 48.4. The Morgan fingerprint density at radius 1 is 0.641 bits per heavy atom. The number of pyridine rings is 2. The number of aliphatic hydroxyl groups excluding tert-OH is 1. The molecule has 18 heteroatoms. The third-order valence-electron chi connectivity index (χ3n) is 9.51. The molecule has 0 fully saturated rings. The lowest BCUT2D eigenvalue weighted by Crippen LogP contribution is -2.36. The second-order valence-electron chi connectivity index (χ2n) is 17.4. The Bertz CT molecular complexity index is 2810. The minimum atomic E-state index is -4.04. The summed E-state index contributed by atoms with van der Waals surface area (Å²) < 4.78 is 55.8. The van der Waals surface area contributed by atoms with E-state index in [1.165, 1.54) is 71.2 Å². The van der Waals surface area contributed by atoms with Crippen molar-refractivity contribution < 1.29 is 46.5 Å². The highest BCUT2D eigenvalue weighted by molar-refractivity contribution is 7.90. The first-order valence-corrected chi connectivity index (χ1v) is 22.9. The van der Waals surface area contributed by atoms with E-state index in [4.69, 9.17) is 0 Å². The Hall–Kier alpha value is -6.63. The summed E-state index contributed by atoms with van der Waals surface area (Å²) in [6.07, 6.45) is 6.78. The number of amides is 2. The number of carboxylic acid groups (broad SMARTS) is 2. The molecular formula is C46H52N6O10S2. The average molecular weight is 913 g/mol. The van der Waals surface area contributed by atoms with Gasteiger partial charge in [-0.25, -0.2) is 34.4 Å². The van der Waals surface area contributed by atoms with Gasteiger partial charge in [0.05, 0.1) is 31.1 Å². The highest BCUT2D eigenvalue weighted by Crippen LogP contribution is 2.32. The van der Waals surface area contributed by atoms with E-state index in [1.54, 1.807) is 60.7 Å². The molecule has 16 nitrogen and oxygen atoms in total. The number of benzene rings is 2. The predicted molar refractivity (Wildman–Crippen MR) is 240 cm³/mol. The van der Waals surface area contributed by atoms with E-state index in [2.05, 4.69) is 9.97 Å². The maximum absolute atomic E-state index is 13.4. The lowest BCUT2D eigenvalue weighted by molar-refractivity contribution is 0.112. The summed E-state index contributed by atoms with van der Waals surface area (Å²) in [5.41, 5.74) is 2.93. The molecular weight excluding hydrogens is 861 g/mol. The summed E-state index contributed by atoms with van der Waals surface area (Å²) in [7, 11) is -8.05. The third-order valence-corrected chi connectivity index (χ3v) is 12.8.